The molecule has 0 fully saturated rings. The van der Waals surface area contributed by atoms with Gasteiger partial charge in [0.05, 0.1) is 13.2 Å². The summed E-state index contributed by atoms with van der Waals surface area (Å²) in [6, 6.07) is 5.26. The number of hydrogen-bond acceptors (Lipinski definition) is 4. The van der Waals surface area contributed by atoms with Crippen LogP contribution in [-0.2, 0) is 11.4 Å². The maximum absolute atomic E-state index is 11.9. The van der Waals surface area contributed by atoms with Gasteiger partial charge in [-0.1, -0.05) is 6.92 Å². The Bertz CT molecular complexity index is 421. The molecule has 0 heterocycles. The highest BCUT2D eigenvalue weighted by Crippen LogP contribution is 2.23. The molecule has 0 aliphatic rings. The minimum absolute atomic E-state index is 0.0533. The predicted octanol–water partition coefficient (Wildman–Crippen LogP) is 1.37. The van der Waals surface area contributed by atoms with Gasteiger partial charge in [-0.05, 0) is 32.2 Å². The SMILES string of the molecule is CCOc1ccc(NC(=O)C(C)CNC)cc1CO. The van der Waals surface area contributed by atoms with Gasteiger partial charge in [0.25, 0.3) is 0 Å². The fourth-order valence-corrected chi connectivity index (χ4v) is 1.74. The lowest BCUT2D eigenvalue weighted by atomic mass is 10.1. The van der Waals surface area contributed by atoms with Crippen LogP contribution in [0.2, 0.25) is 0 Å². The summed E-state index contributed by atoms with van der Waals surface area (Å²) >= 11 is 0. The van der Waals surface area contributed by atoms with Gasteiger partial charge in [-0.2, -0.15) is 0 Å². The zero-order valence-corrected chi connectivity index (χ0v) is 11.7. The van der Waals surface area contributed by atoms with Crippen LogP contribution in [-0.4, -0.2) is 31.2 Å². The monoisotopic (exact) mass is 266 g/mol. The second-order valence-corrected chi connectivity index (χ2v) is 4.36. The number of aliphatic hydroxyl groups excluding tert-OH is 1. The summed E-state index contributed by atoms with van der Waals surface area (Å²) in [6.07, 6.45) is 0. The number of amides is 1. The van der Waals surface area contributed by atoms with E-state index in [9.17, 15) is 9.90 Å². The Balaban J connectivity index is 2.76. The summed E-state index contributed by atoms with van der Waals surface area (Å²) in [6.45, 7) is 4.78. The number of rotatable bonds is 7. The molecule has 0 aliphatic carbocycles. The first-order chi connectivity index (χ1) is 9.12. The van der Waals surface area contributed by atoms with Crippen molar-refractivity contribution in [3.05, 3.63) is 23.8 Å². The van der Waals surface area contributed by atoms with Gasteiger partial charge in [-0.25, -0.2) is 0 Å². The van der Waals surface area contributed by atoms with Gasteiger partial charge in [0, 0.05) is 23.7 Å². The minimum Gasteiger partial charge on any atom is -0.494 e. The van der Waals surface area contributed by atoms with Crippen molar-refractivity contribution in [1.82, 2.24) is 5.32 Å². The van der Waals surface area contributed by atoms with E-state index in [4.69, 9.17) is 4.74 Å². The molecule has 1 atom stereocenters. The van der Waals surface area contributed by atoms with Crippen LogP contribution in [0.25, 0.3) is 0 Å². The zero-order valence-electron chi connectivity index (χ0n) is 11.7. The molecular weight excluding hydrogens is 244 g/mol. The van der Waals surface area contributed by atoms with Crippen LogP contribution < -0.4 is 15.4 Å². The topological polar surface area (TPSA) is 70.6 Å². The van der Waals surface area contributed by atoms with E-state index in [1.807, 2.05) is 20.9 Å². The molecule has 19 heavy (non-hydrogen) atoms. The number of carbonyl (C=O) groups excluding carboxylic acids is 1. The van der Waals surface area contributed by atoms with Crippen LogP contribution in [0.3, 0.4) is 0 Å². The Morgan fingerprint density at radius 1 is 1.47 bits per heavy atom. The summed E-state index contributed by atoms with van der Waals surface area (Å²) in [7, 11) is 1.81. The quantitative estimate of drug-likeness (QED) is 0.697. The summed E-state index contributed by atoms with van der Waals surface area (Å²) < 4.78 is 5.39. The number of ether oxygens (including phenoxy) is 1. The highest BCUT2D eigenvalue weighted by Gasteiger charge is 2.13. The molecule has 1 rings (SSSR count). The molecule has 3 N–H and O–H groups in total. The highest BCUT2D eigenvalue weighted by molar-refractivity contribution is 5.92. The van der Waals surface area contributed by atoms with Crippen LogP contribution in [0, 0.1) is 5.92 Å². The average molecular weight is 266 g/mol. The van der Waals surface area contributed by atoms with Gasteiger partial charge in [0.15, 0.2) is 0 Å². The molecule has 0 bridgehead atoms. The van der Waals surface area contributed by atoms with Crippen molar-refractivity contribution < 1.29 is 14.6 Å². The molecular formula is C14H22N2O3. The van der Waals surface area contributed by atoms with Crippen LogP contribution in [0.4, 0.5) is 5.69 Å². The van der Waals surface area contributed by atoms with Gasteiger partial charge in [-0.15, -0.1) is 0 Å². The number of anilines is 1. The van der Waals surface area contributed by atoms with E-state index >= 15 is 0 Å². The number of benzene rings is 1. The van der Waals surface area contributed by atoms with Gasteiger partial charge < -0.3 is 20.5 Å². The van der Waals surface area contributed by atoms with Crippen molar-refractivity contribution in [2.45, 2.75) is 20.5 Å². The molecule has 0 aromatic heterocycles. The van der Waals surface area contributed by atoms with Gasteiger partial charge >= 0.3 is 0 Å². The van der Waals surface area contributed by atoms with Gasteiger partial charge in [0.1, 0.15) is 5.75 Å². The lowest BCUT2D eigenvalue weighted by Gasteiger charge is -2.14. The Kier molecular flexibility index (Phi) is 6.32. The Morgan fingerprint density at radius 2 is 2.21 bits per heavy atom. The summed E-state index contributed by atoms with van der Waals surface area (Å²) in [5.74, 6) is 0.475. The van der Waals surface area contributed by atoms with Crippen molar-refractivity contribution in [2.75, 3.05) is 25.5 Å². The smallest absolute Gasteiger partial charge is 0.228 e. The van der Waals surface area contributed by atoms with E-state index in [1.54, 1.807) is 18.2 Å². The number of aliphatic hydroxyl groups is 1. The van der Waals surface area contributed by atoms with Crippen LogP contribution >= 0.6 is 0 Å². The average Bonchev–Trinajstić information content (AvgIpc) is 2.41. The minimum atomic E-state index is -0.120. The van der Waals surface area contributed by atoms with Crippen molar-refractivity contribution in [3.63, 3.8) is 0 Å². The molecule has 0 spiro atoms. The van der Waals surface area contributed by atoms with Gasteiger partial charge in [0.2, 0.25) is 5.91 Å². The molecule has 1 unspecified atom stereocenters. The summed E-state index contributed by atoms with van der Waals surface area (Å²) in [5.41, 5.74) is 1.33. The first-order valence-electron chi connectivity index (χ1n) is 6.44. The van der Waals surface area contributed by atoms with E-state index in [1.165, 1.54) is 0 Å². The van der Waals surface area contributed by atoms with Crippen molar-refractivity contribution in [2.24, 2.45) is 5.92 Å². The molecule has 5 heteroatoms. The fourth-order valence-electron chi connectivity index (χ4n) is 1.74. The van der Waals surface area contributed by atoms with E-state index in [-0.39, 0.29) is 18.4 Å². The standard InChI is InChI=1S/C14H22N2O3/c1-4-19-13-6-5-12(7-11(13)9-17)16-14(18)10(2)8-15-3/h5-7,10,15,17H,4,8-9H2,1-3H3,(H,16,18). The largest absolute Gasteiger partial charge is 0.494 e. The molecule has 5 nitrogen and oxygen atoms in total. The third-order valence-electron chi connectivity index (χ3n) is 2.76. The maximum Gasteiger partial charge on any atom is 0.228 e. The number of carbonyl (C=O) groups is 1. The normalized spacial score (nSPS) is 12.0. The molecule has 106 valence electrons. The maximum atomic E-state index is 11.9. The van der Waals surface area contributed by atoms with Crippen LogP contribution in [0.5, 0.6) is 5.75 Å². The Hall–Kier alpha value is -1.59. The third-order valence-corrected chi connectivity index (χ3v) is 2.76. The Morgan fingerprint density at radius 3 is 2.79 bits per heavy atom. The highest BCUT2D eigenvalue weighted by atomic mass is 16.5. The zero-order chi connectivity index (χ0) is 14.3. The molecule has 1 amide bonds. The lowest BCUT2D eigenvalue weighted by Crippen LogP contribution is -2.28. The molecule has 1 aromatic carbocycles. The molecule has 0 saturated carbocycles. The van der Waals surface area contributed by atoms with Crippen LogP contribution in [0.1, 0.15) is 19.4 Å². The fraction of sp³-hybridized carbons (Fsp3) is 0.500. The van der Waals surface area contributed by atoms with Crippen molar-refractivity contribution >= 4 is 11.6 Å². The van der Waals surface area contributed by atoms with Crippen LogP contribution in [0.15, 0.2) is 18.2 Å². The number of hydrogen-bond donors (Lipinski definition) is 3. The summed E-state index contributed by atoms with van der Waals surface area (Å²) in [5, 5.41) is 15.1. The molecule has 0 radical (unpaired) electrons. The van der Waals surface area contributed by atoms with Crippen molar-refractivity contribution in [1.29, 1.82) is 0 Å². The van der Waals surface area contributed by atoms with E-state index in [0.29, 0.717) is 30.2 Å². The first kappa shape index (κ1) is 15.5. The Labute approximate surface area is 114 Å². The van der Waals surface area contributed by atoms with Crippen molar-refractivity contribution in [3.8, 4) is 5.75 Å². The molecule has 1 aromatic rings. The molecule has 0 saturated heterocycles. The second-order valence-electron chi connectivity index (χ2n) is 4.36. The third kappa shape index (κ3) is 4.54. The first-order valence-corrected chi connectivity index (χ1v) is 6.44. The van der Waals surface area contributed by atoms with E-state index in [2.05, 4.69) is 10.6 Å². The van der Waals surface area contributed by atoms with E-state index < -0.39 is 0 Å². The predicted molar refractivity (Wildman–Crippen MR) is 75.3 cm³/mol. The molecule has 0 aliphatic heterocycles. The summed E-state index contributed by atoms with van der Waals surface area (Å²) in [4.78, 5) is 11.9. The lowest BCUT2D eigenvalue weighted by molar-refractivity contribution is -0.119. The second kappa shape index (κ2) is 7.76. The number of nitrogens with one attached hydrogen (secondary N) is 2. The van der Waals surface area contributed by atoms with E-state index in [0.717, 1.165) is 0 Å². The van der Waals surface area contributed by atoms with Gasteiger partial charge in [-0.3, -0.25) is 4.79 Å².